The number of methoxy groups -OCH3 is 2. The van der Waals surface area contributed by atoms with Crippen LogP contribution in [0.3, 0.4) is 0 Å². The van der Waals surface area contributed by atoms with Crippen LogP contribution in [0, 0.1) is 11.3 Å². The Morgan fingerprint density at radius 2 is 1.67 bits per heavy atom. The Kier molecular flexibility index (Phi) is 6.74. The summed E-state index contributed by atoms with van der Waals surface area (Å²) in [5, 5.41) is 13.7. The van der Waals surface area contributed by atoms with Crippen molar-refractivity contribution in [1.82, 2.24) is 5.32 Å². The van der Waals surface area contributed by atoms with Crippen molar-refractivity contribution in [2.75, 3.05) is 20.8 Å². The number of halogens is 2. The van der Waals surface area contributed by atoms with Crippen LogP contribution in [0.2, 0.25) is 10.0 Å². The van der Waals surface area contributed by atoms with Crippen LogP contribution in [0.1, 0.15) is 16.7 Å². The fourth-order valence-electron chi connectivity index (χ4n) is 2.41. The molecule has 0 aliphatic carbocycles. The van der Waals surface area contributed by atoms with Crippen molar-refractivity contribution < 1.29 is 9.47 Å². The standard InChI is InChI=1S/C18H18Cl2N2O2/c1-23-17-8-14(10-21)18(24-2)7-13(17)3-4-22-11-12-5-15(19)9-16(20)6-12/h5-9,22H,3-4,11H2,1-2H3. The van der Waals surface area contributed by atoms with Gasteiger partial charge in [-0.1, -0.05) is 23.2 Å². The maximum Gasteiger partial charge on any atom is 0.137 e. The molecule has 0 amide bonds. The number of nitrogens with zero attached hydrogens (tertiary/aromatic N) is 1. The molecule has 0 bridgehead atoms. The van der Waals surface area contributed by atoms with Gasteiger partial charge in [0.2, 0.25) is 0 Å². The van der Waals surface area contributed by atoms with Gasteiger partial charge < -0.3 is 14.8 Å². The van der Waals surface area contributed by atoms with E-state index in [4.69, 9.17) is 37.9 Å². The molecular weight excluding hydrogens is 347 g/mol. The SMILES string of the molecule is COc1cc(CCNCc2cc(Cl)cc(Cl)c2)c(OC)cc1C#N. The lowest BCUT2D eigenvalue weighted by atomic mass is 10.1. The summed E-state index contributed by atoms with van der Waals surface area (Å²) in [6.07, 6.45) is 0.736. The first kappa shape index (κ1) is 18.4. The zero-order valence-corrected chi connectivity index (χ0v) is 15.0. The zero-order chi connectivity index (χ0) is 17.5. The molecule has 126 valence electrons. The highest BCUT2D eigenvalue weighted by molar-refractivity contribution is 6.34. The molecule has 2 aromatic carbocycles. The van der Waals surface area contributed by atoms with E-state index in [1.54, 1.807) is 26.4 Å². The minimum atomic E-state index is 0.458. The first-order chi connectivity index (χ1) is 11.6. The average Bonchev–Trinajstić information content (AvgIpc) is 2.57. The molecule has 0 saturated carbocycles. The number of ether oxygens (including phenoxy) is 2. The predicted molar refractivity (Wildman–Crippen MR) is 96.1 cm³/mol. The fourth-order valence-corrected chi connectivity index (χ4v) is 2.98. The van der Waals surface area contributed by atoms with Crippen LogP contribution < -0.4 is 14.8 Å². The Morgan fingerprint density at radius 3 is 2.25 bits per heavy atom. The molecule has 1 N–H and O–H groups in total. The van der Waals surface area contributed by atoms with Crippen molar-refractivity contribution in [1.29, 1.82) is 5.26 Å². The van der Waals surface area contributed by atoms with E-state index in [1.165, 1.54) is 0 Å². The minimum Gasteiger partial charge on any atom is -0.496 e. The molecule has 0 radical (unpaired) electrons. The van der Waals surface area contributed by atoms with Gasteiger partial charge in [-0.15, -0.1) is 0 Å². The topological polar surface area (TPSA) is 54.3 Å². The first-order valence-corrected chi connectivity index (χ1v) is 8.13. The van der Waals surface area contributed by atoms with Gasteiger partial charge in [0.25, 0.3) is 0 Å². The van der Waals surface area contributed by atoms with E-state index in [1.807, 2.05) is 18.2 Å². The molecule has 0 fully saturated rings. The van der Waals surface area contributed by atoms with Crippen LogP contribution >= 0.6 is 23.2 Å². The molecule has 0 aromatic heterocycles. The summed E-state index contributed by atoms with van der Waals surface area (Å²) in [7, 11) is 3.14. The van der Waals surface area contributed by atoms with E-state index >= 15 is 0 Å². The maximum absolute atomic E-state index is 9.13. The largest absolute Gasteiger partial charge is 0.496 e. The Morgan fingerprint density at radius 1 is 1.00 bits per heavy atom. The molecule has 0 atom stereocenters. The molecule has 0 aliphatic heterocycles. The third-order valence-corrected chi connectivity index (χ3v) is 3.98. The van der Waals surface area contributed by atoms with E-state index in [9.17, 15) is 0 Å². The van der Waals surface area contributed by atoms with E-state index < -0.39 is 0 Å². The lowest BCUT2D eigenvalue weighted by Gasteiger charge is -2.12. The molecule has 0 spiro atoms. The van der Waals surface area contributed by atoms with Crippen LogP contribution in [0.25, 0.3) is 0 Å². The summed E-state index contributed by atoms with van der Waals surface area (Å²) in [4.78, 5) is 0. The quantitative estimate of drug-likeness (QED) is 0.747. The summed E-state index contributed by atoms with van der Waals surface area (Å²) in [6, 6.07) is 11.1. The molecule has 0 unspecified atom stereocenters. The normalized spacial score (nSPS) is 10.3. The van der Waals surface area contributed by atoms with Gasteiger partial charge in [0.1, 0.15) is 17.6 Å². The monoisotopic (exact) mass is 364 g/mol. The van der Waals surface area contributed by atoms with Crippen molar-refractivity contribution in [3.8, 4) is 17.6 Å². The Hall–Kier alpha value is -1.93. The summed E-state index contributed by atoms with van der Waals surface area (Å²) in [6.45, 7) is 1.39. The summed E-state index contributed by atoms with van der Waals surface area (Å²) >= 11 is 12.0. The van der Waals surface area contributed by atoms with Crippen LogP contribution in [-0.2, 0) is 13.0 Å². The second-order valence-electron chi connectivity index (χ2n) is 5.18. The van der Waals surface area contributed by atoms with E-state index in [2.05, 4.69) is 11.4 Å². The second-order valence-corrected chi connectivity index (χ2v) is 6.05. The zero-order valence-electron chi connectivity index (χ0n) is 13.5. The smallest absolute Gasteiger partial charge is 0.137 e. The van der Waals surface area contributed by atoms with Crippen LogP contribution in [0.5, 0.6) is 11.5 Å². The van der Waals surface area contributed by atoms with E-state index in [0.29, 0.717) is 33.7 Å². The van der Waals surface area contributed by atoms with Gasteiger partial charge in [-0.25, -0.2) is 0 Å². The van der Waals surface area contributed by atoms with Gasteiger partial charge in [-0.05, 0) is 48.4 Å². The maximum atomic E-state index is 9.13. The lowest BCUT2D eigenvalue weighted by Crippen LogP contribution is -2.17. The number of hydrogen-bond acceptors (Lipinski definition) is 4. The highest BCUT2D eigenvalue weighted by Gasteiger charge is 2.10. The van der Waals surface area contributed by atoms with Crippen molar-refractivity contribution in [2.45, 2.75) is 13.0 Å². The third kappa shape index (κ3) is 4.78. The lowest BCUT2D eigenvalue weighted by molar-refractivity contribution is 0.397. The summed E-state index contributed by atoms with van der Waals surface area (Å²) in [5.41, 5.74) is 2.46. The number of nitriles is 1. The van der Waals surface area contributed by atoms with Crippen molar-refractivity contribution in [3.05, 3.63) is 57.1 Å². The summed E-state index contributed by atoms with van der Waals surface area (Å²) in [5.74, 6) is 1.23. The van der Waals surface area contributed by atoms with Crippen LogP contribution in [0.15, 0.2) is 30.3 Å². The third-order valence-electron chi connectivity index (χ3n) is 3.55. The Labute approximate surface area is 151 Å². The van der Waals surface area contributed by atoms with E-state index in [0.717, 1.165) is 24.1 Å². The number of hydrogen-bond donors (Lipinski definition) is 1. The molecular formula is C18H18Cl2N2O2. The fraction of sp³-hybridized carbons (Fsp3) is 0.278. The second kappa shape index (κ2) is 8.79. The van der Waals surface area contributed by atoms with Gasteiger partial charge in [0.05, 0.1) is 19.8 Å². The van der Waals surface area contributed by atoms with Gasteiger partial charge >= 0.3 is 0 Å². The van der Waals surface area contributed by atoms with Crippen molar-refractivity contribution in [2.24, 2.45) is 0 Å². The van der Waals surface area contributed by atoms with Crippen LogP contribution in [-0.4, -0.2) is 20.8 Å². The van der Waals surface area contributed by atoms with Gasteiger partial charge in [-0.2, -0.15) is 5.26 Å². The van der Waals surface area contributed by atoms with Gasteiger partial charge in [0.15, 0.2) is 0 Å². The van der Waals surface area contributed by atoms with Gasteiger partial charge in [-0.3, -0.25) is 0 Å². The number of rotatable bonds is 7. The molecule has 24 heavy (non-hydrogen) atoms. The molecule has 6 heteroatoms. The Balaban J connectivity index is 2.00. The number of nitrogens with one attached hydrogen (secondary N) is 1. The van der Waals surface area contributed by atoms with Crippen molar-refractivity contribution >= 4 is 23.2 Å². The average molecular weight is 365 g/mol. The highest BCUT2D eigenvalue weighted by Crippen LogP contribution is 2.28. The first-order valence-electron chi connectivity index (χ1n) is 7.38. The Bertz CT molecular complexity index is 737. The van der Waals surface area contributed by atoms with Gasteiger partial charge in [0, 0.05) is 22.7 Å². The molecule has 2 rings (SSSR count). The highest BCUT2D eigenvalue weighted by atomic mass is 35.5. The summed E-state index contributed by atoms with van der Waals surface area (Å²) < 4.78 is 10.6. The predicted octanol–water partition coefficient (Wildman–Crippen LogP) is 4.21. The molecule has 4 nitrogen and oxygen atoms in total. The number of benzene rings is 2. The van der Waals surface area contributed by atoms with Crippen LogP contribution in [0.4, 0.5) is 0 Å². The van der Waals surface area contributed by atoms with E-state index in [-0.39, 0.29) is 0 Å². The molecule has 2 aromatic rings. The van der Waals surface area contributed by atoms with Crippen molar-refractivity contribution in [3.63, 3.8) is 0 Å². The minimum absolute atomic E-state index is 0.458. The molecule has 0 aliphatic rings. The molecule has 0 heterocycles. The molecule has 0 saturated heterocycles.